The first-order valence-corrected chi connectivity index (χ1v) is 10.0. The van der Waals surface area contributed by atoms with E-state index in [1.807, 2.05) is 7.05 Å². The Morgan fingerprint density at radius 3 is 2.63 bits per heavy atom. The van der Waals surface area contributed by atoms with Crippen molar-refractivity contribution in [3.05, 3.63) is 53.9 Å². The minimum atomic E-state index is -0.0222. The van der Waals surface area contributed by atoms with Crippen molar-refractivity contribution in [1.29, 1.82) is 0 Å². The van der Waals surface area contributed by atoms with Crippen LogP contribution in [0.2, 0.25) is 0 Å². The van der Waals surface area contributed by atoms with Crippen molar-refractivity contribution in [2.75, 3.05) is 31.6 Å². The van der Waals surface area contributed by atoms with Crippen molar-refractivity contribution in [2.24, 2.45) is 5.92 Å². The Bertz CT molecular complexity index is 726. The van der Waals surface area contributed by atoms with Crippen LogP contribution < -0.4 is 4.90 Å². The normalized spacial score (nSPS) is 15.0. The molecule has 144 valence electrons. The first-order chi connectivity index (χ1) is 13.2. The number of nitrogens with zero attached hydrogens (tertiary/aromatic N) is 4. The van der Waals surface area contributed by atoms with Gasteiger partial charge in [-0.2, -0.15) is 0 Å². The summed E-state index contributed by atoms with van der Waals surface area (Å²) in [6.45, 7) is 4.78. The topological polar surface area (TPSA) is 49.3 Å². The van der Waals surface area contributed by atoms with Gasteiger partial charge in [0.05, 0.1) is 0 Å². The summed E-state index contributed by atoms with van der Waals surface area (Å²) in [6, 6.07) is 12.4. The summed E-state index contributed by atoms with van der Waals surface area (Å²) in [5.41, 5.74) is 1.90. The second-order valence-electron chi connectivity index (χ2n) is 7.44. The van der Waals surface area contributed by atoms with E-state index in [1.165, 1.54) is 5.56 Å². The van der Waals surface area contributed by atoms with E-state index >= 15 is 0 Å². The number of hydrogen-bond acceptors (Lipinski definition) is 4. The van der Waals surface area contributed by atoms with Gasteiger partial charge in [0.25, 0.3) is 5.91 Å². The predicted molar refractivity (Wildman–Crippen MR) is 109 cm³/mol. The van der Waals surface area contributed by atoms with Crippen LogP contribution in [-0.2, 0) is 6.42 Å². The molecule has 1 fully saturated rings. The van der Waals surface area contributed by atoms with Gasteiger partial charge in [0.15, 0.2) is 0 Å². The second kappa shape index (κ2) is 9.49. The Hall–Kier alpha value is -2.43. The van der Waals surface area contributed by atoms with Crippen molar-refractivity contribution >= 4 is 11.9 Å². The minimum Gasteiger partial charge on any atom is -0.341 e. The Morgan fingerprint density at radius 2 is 1.93 bits per heavy atom. The minimum absolute atomic E-state index is 0.0222. The van der Waals surface area contributed by atoms with Gasteiger partial charge >= 0.3 is 0 Å². The van der Waals surface area contributed by atoms with E-state index in [-0.39, 0.29) is 5.91 Å². The molecular formula is C22H30N4O. The summed E-state index contributed by atoms with van der Waals surface area (Å²) in [4.78, 5) is 25.5. The lowest BCUT2D eigenvalue weighted by Gasteiger charge is -2.32. The molecule has 0 radical (unpaired) electrons. The molecule has 1 saturated heterocycles. The molecule has 2 aromatic rings. The molecule has 1 amide bonds. The monoisotopic (exact) mass is 366 g/mol. The molecule has 0 unspecified atom stereocenters. The first-order valence-electron chi connectivity index (χ1n) is 10.0. The van der Waals surface area contributed by atoms with Gasteiger partial charge < -0.3 is 9.80 Å². The lowest BCUT2D eigenvalue weighted by Crippen LogP contribution is -2.36. The molecule has 5 heteroatoms. The standard InChI is InChI=1S/C22H30N4O/c1-3-4-14-25(2)21(27)20-10-13-23-22(24-20)26-15-11-19(12-16-26)17-18-8-6-5-7-9-18/h5-10,13,19H,3-4,11-12,14-17H2,1-2H3. The molecular weight excluding hydrogens is 336 g/mol. The van der Waals surface area contributed by atoms with Crippen molar-refractivity contribution in [1.82, 2.24) is 14.9 Å². The third-order valence-electron chi connectivity index (χ3n) is 5.32. The number of amides is 1. The van der Waals surface area contributed by atoms with Crippen LogP contribution in [0.4, 0.5) is 5.95 Å². The zero-order valence-corrected chi connectivity index (χ0v) is 16.5. The molecule has 1 aromatic carbocycles. The van der Waals surface area contributed by atoms with E-state index in [9.17, 15) is 4.79 Å². The molecule has 3 rings (SSSR count). The lowest BCUT2D eigenvalue weighted by molar-refractivity contribution is 0.0787. The number of piperidine rings is 1. The first kappa shape index (κ1) is 19.3. The second-order valence-corrected chi connectivity index (χ2v) is 7.44. The van der Waals surface area contributed by atoms with Gasteiger partial charge in [-0.1, -0.05) is 43.7 Å². The van der Waals surface area contributed by atoms with Crippen LogP contribution in [0.3, 0.4) is 0 Å². The van der Waals surface area contributed by atoms with E-state index in [0.717, 1.165) is 51.7 Å². The fraction of sp³-hybridized carbons (Fsp3) is 0.500. The zero-order chi connectivity index (χ0) is 19.1. The molecule has 5 nitrogen and oxygen atoms in total. The van der Waals surface area contributed by atoms with Crippen LogP contribution in [0.1, 0.15) is 48.7 Å². The van der Waals surface area contributed by atoms with E-state index < -0.39 is 0 Å². The lowest BCUT2D eigenvalue weighted by atomic mass is 9.90. The molecule has 0 atom stereocenters. The Kier molecular flexibility index (Phi) is 6.80. The van der Waals surface area contributed by atoms with E-state index in [1.54, 1.807) is 17.2 Å². The van der Waals surface area contributed by atoms with Crippen molar-refractivity contribution in [3.8, 4) is 0 Å². The smallest absolute Gasteiger partial charge is 0.272 e. The van der Waals surface area contributed by atoms with Gasteiger partial charge in [-0.3, -0.25) is 4.79 Å². The largest absolute Gasteiger partial charge is 0.341 e. The number of benzene rings is 1. The third-order valence-corrected chi connectivity index (χ3v) is 5.32. The van der Waals surface area contributed by atoms with Gasteiger partial charge in [-0.05, 0) is 43.2 Å². The summed E-state index contributed by atoms with van der Waals surface area (Å²) >= 11 is 0. The maximum Gasteiger partial charge on any atom is 0.272 e. The molecule has 0 spiro atoms. The number of carbonyl (C=O) groups excluding carboxylic acids is 1. The highest BCUT2D eigenvalue weighted by atomic mass is 16.2. The number of carbonyl (C=O) groups is 1. The molecule has 0 N–H and O–H groups in total. The quantitative estimate of drug-likeness (QED) is 0.748. The predicted octanol–water partition coefficient (Wildman–Crippen LogP) is 3.81. The highest BCUT2D eigenvalue weighted by Crippen LogP contribution is 2.24. The number of unbranched alkanes of at least 4 members (excludes halogenated alkanes) is 1. The highest BCUT2D eigenvalue weighted by Gasteiger charge is 2.22. The van der Waals surface area contributed by atoms with Crippen LogP contribution in [-0.4, -0.2) is 47.5 Å². The average Bonchev–Trinajstić information content (AvgIpc) is 2.73. The van der Waals surface area contributed by atoms with Crippen LogP contribution in [0.15, 0.2) is 42.6 Å². The molecule has 2 heterocycles. The molecule has 27 heavy (non-hydrogen) atoms. The van der Waals surface area contributed by atoms with Crippen LogP contribution >= 0.6 is 0 Å². The summed E-state index contributed by atoms with van der Waals surface area (Å²) < 4.78 is 0. The number of hydrogen-bond donors (Lipinski definition) is 0. The highest BCUT2D eigenvalue weighted by molar-refractivity contribution is 5.92. The van der Waals surface area contributed by atoms with E-state index in [0.29, 0.717) is 17.6 Å². The SMILES string of the molecule is CCCCN(C)C(=O)c1ccnc(N2CCC(Cc3ccccc3)CC2)n1. The fourth-order valence-electron chi connectivity index (χ4n) is 3.60. The van der Waals surface area contributed by atoms with Crippen LogP contribution in [0.5, 0.6) is 0 Å². The molecule has 0 bridgehead atoms. The van der Waals surface area contributed by atoms with Crippen molar-refractivity contribution in [3.63, 3.8) is 0 Å². The van der Waals surface area contributed by atoms with Gasteiger partial charge in [0, 0.05) is 32.9 Å². The summed E-state index contributed by atoms with van der Waals surface area (Å²) in [7, 11) is 1.84. The molecule has 0 aliphatic carbocycles. The third kappa shape index (κ3) is 5.28. The van der Waals surface area contributed by atoms with Gasteiger partial charge in [-0.15, -0.1) is 0 Å². The van der Waals surface area contributed by atoms with Crippen LogP contribution in [0, 0.1) is 5.92 Å². The van der Waals surface area contributed by atoms with E-state index in [2.05, 4.69) is 52.1 Å². The Balaban J connectivity index is 1.57. The van der Waals surface area contributed by atoms with Gasteiger partial charge in [0.1, 0.15) is 5.69 Å². The number of rotatable bonds is 7. The Labute approximate surface area is 162 Å². The molecule has 0 saturated carbocycles. The fourth-order valence-corrected chi connectivity index (χ4v) is 3.60. The summed E-state index contributed by atoms with van der Waals surface area (Å²) in [5, 5.41) is 0. The number of aromatic nitrogens is 2. The molecule has 1 aliphatic rings. The van der Waals surface area contributed by atoms with Crippen LogP contribution in [0.25, 0.3) is 0 Å². The van der Waals surface area contributed by atoms with Crippen molar-refractivity contribution in [2.45, 2.75) is 39.0 Å². The molecule has 1 aliphatic heterocycles. The van der Waals surface area contributed by atoms with Gasteiger partial charge in [-0.25, -0.2) is 9.97 Å². The Morgan fingerprint density at radius 1 is 1.19 bits per heavy atom. The summed E-state index contributed by atoms with van der Waals surface area (Å²) in [6.07, 6.45) is 7.19. The van der Waals surface area contributed by atoms with Gasteiger partial charge in [0.2, 0.25) is 5.95 Å². The maximum atomic E-state index is 12.6. The average molecular weight is 367 g/mol. The van der Waals surface area contributed by atoms with E-state index in [4.69, 9.17) is 0 Å². The summed E-state index contributed by atoms with van der Waals surface area (Å²) in [5.74, 6) is 1.36. The van der Waals surface area contributed by atoms with Crippen molar-refractivity contribution < 1.29 is 4.79 Å². The maximum absolute atomic E-state index is 12.6. The number of anilines is 1. The zero-order valence-electron chi connectivity index (χ0n) is 16.5. The molecule has 1 aromatic heterocycles.